The second kappa shape index (κ2) is 12.4. The zero-order valence-corrected chi connectivity index (χ0v) is 21.5. The molecule has 1 amide bonds. The summed E-state index contributed by atoms with van der Waals surface area (Å²) < 4.78 is 19.4. The first-order chi connectivity index (χ1) is 17.2. The number of carboxylic acid groups (broad SMARTS) is 1. The van der Waals surface area contributed by atoms with Crippen LogP contribution in [0.2, 0.25) is 0 Å². The molecule has 1 heterocycles. The zero-order chi connectivity index (χ0) is 27.9. The molecule has 0 aliphatic rings. The van der Waals surface area contributed by atoms with Crippen LogP contribution in [0.15, 0.2) is 66.5 Å². The smallest absolute Gasteiger partial charge is 0.353 e. The summed E-state index contributed by atoms with van der Waals surface area (Å²) in [6.07, 6.45) is 3.30. The first kappa shape index (κ1) is 29.4. The van der Waals surface area contributed by atoms with Crippen molar-refractivity contribution in [3.63, 3.8) is 0 Å². The van der Waals surface area contributed by atoms with Crippen molar-refractivity contribution in [1.82, 2.24) is 5.32 Å². The van der Waals surface area contributed by atoms with E-state index in [0.29, 0.717) is 10.4 Å². The number of carbonyl (C=O) groups is 3. The monoisotopic (exact) mass is 531 g/mol. The van der Waals surface area contributed by atoms with Gasteiger partial charge in [0.25, 0.3) is 0 Å². The maximum absolute atomic E-state index is 14.2. The summed E-state index contributed by atoms with van der Waals surface area (Å²) in [7, 11) is 0. The minimum Gasteiger partial charge on any atom is -0.508 e. The van der Waals surface area contributed by atoms with Crippen LogP contribution in [0.25, 0.3) is 0 Å². The van der Waals surface area contributed by atoms with Crippen molar-refractivity contribution in [2.24, 2.45) is 16.9 Å². The van der Waals surface area contributed by atoms with Crippen LogP contribution in [-0.4, -0.2) is 34.1 Å². The van der Waals surface area contributed by atoms with E-state index in [1.165, 1.54) is 36.4 Å². The number of hydrogen-bond donors (Lipinski definition) is 5. The quantitative estimate of drug-likeness (QED) is 0.0962. The minimum atomic E-state index is -1.41. The molecule has 0 bridgehead atoms. The molecule has 0 radical (unpaired) electrons. The number of aliphatic carboxylic acids is 1. The lowest BCUT2D eigenvalue weighted by molar-refractivity contribution is -0.142. The fourth-order valence-electron chi connectivity index (χ4n) is 3.08. The molecule has 198 valence electrons. The summed E-state index contributed by atoms with van der Waals surface area (Å²) in [6, 6.07) is 5.54. The first-order valence-electron chi connectivity index (χ1n) is 11.1. The Hall–Kier alpha value is -3.80. The molecule has 0 saturated heterocycles. The Morgan fingerprint density at radius 3 is 2.43 bits per heavy atom. The SMILES string of the molecule is C=C(/C=C\C(O)=C/C)[C@H](NC(=O)C(C)(C)Cc1ccc(C(=O)Oc2ccc(C(N)N)cc2F)s1)C(=O)O. The lowest BCUT2D eigenvalue weighted by Crippen LogP contribution is -2.47. The molecular formula is C26H30FN3O6S. The summed E-state index contributed by atoms with van der Waals surface area (Å²) in [6.45, 7) is 8.53. The van der Waals surface area contributed by atoms with Crippen LogP contribution < -0.4 is 21.5 Å². The summed E-state index contributed by atoms with van der Waals surface area (Å²) in [5.41, 5.74) is 10.4. The third-order valence-electron chi connectivity index (χ3n) is 5.29. The molecule has 0 aliphatic heterocycles. The van der Waals surface area contributed by atoms with Gasteiger partial charge in [-0.2, -0.15) is 0 Å². The highest BCUT2D eigenvalue weighted by atomic mass is 32.1. The van der Waals surface area contributed by atoms with Crippen LogP contribution in [0, 0.1) is 11.2 Å². The van der Waals surface area contributed by atoms with Crippen molar-refractivity contribution >= 4 is 29.2 Å². The average Bonchev–Trinajstić information content (AvgIpc) is 3.29. The van der Waals surface area contributed by atoms with Crippen molar-refractivity contribution in [1.29, 1.82) is 0 Å². The second-order valence-electron chi connectivity index (χ2n) is 8.80. The van der Waals surface area contributed by atoms with Gasteiger partial charge in [-0.25, -0.2) is 14.0 Å². The predicted molar refractivity (Wildman–Crippen MR) is 139 cm³/mol. The van der Waals surface area contributed by atoms with E-state index in [0.717, 1.165) is 17.4 Å². The van der Waals surface area contributed by atoms with Gasteiger partial charge < -0.3 is 31.7 Å². The number of hydrogen-bond acceptors (Lipinski definition) is 8. The number of amides is 1. The Bertz CT molecular complexity index is 1250. The normalized spacial score (nSPS) is 13.0. The number of aliphatic hydroxyl groups is 1. The lowest BCUT2D eigenvalue weighted by Gasteiger charge is -2.25. The van der Waals surface area contributed by atoms with Gasteiger partial charge in [0.1, 0.15) is 10.6 Å². The summed E-state index contributed by atoms with van der Waals surface area (Å²) in [4.78, 5) is 38.0. The van der Waals surface area contributed by atoms with E-state index in [1.54, 1.807) is 26.8 Å². The van der Waals surface area contributed by atoms with Crippen LogP contribution in [0.4, 0.5) is 4.39 Å². The van der Waals surface area contributed by atoms with Gasteiger partial charge in [0.15, 0.2) is 17.6 Å². The maximum Gasteiger partial charge on any atom is 0.353 e. The summed E-state index contributed by atoms with van der Waals surface area (Å²) in [5.74, 6) is -3.78. The Morgan fingerprint density at radius 2 is 1.86 bits per heavy atom. The fourth-order valence-corrected chi connectivity index (χ4v) is 4.19. The third kappa shape index (κ3) is 8.10. The highest BCUT2D eigenvalue weighted by molar-refractivity contribution is 7.14. The first-order valence-corrected chi connectivity index (χ1v) is 11.9. The van der Waals surface area contributed by atoms with Crippen molar-refractivity contribution in [2.75, 3.05) is 0 Å². The Kier molecular flexibility index (Phi) is 9.89. The molecule has 9 nitrogen and oxygen atoms in total. The van der Waals surface area contributed by atoms with Gasteiger partial charge in [-0.3, -0.25) is 4.79 Å². The predicted octanol–water partition coefficient (Wildman–Crippen LogP) is 3.73. The van der Waals surface area contributed by atoms with Gasteiger partial charge in [-0.05, 0) is 60.9 Å². The standard InChI is InChI=1S/C26H30FN3O6S/c1-5-16(31)8-6-14(2)21(23(32)33)30-25(35)26(3,4)13-17-9-11-20(37-17)24(34)36-19-10-7-15(22(28)29)12-18(19)27/h5-12,21-22,31H,2,13,28-29H2,1,3-4H3,(H,30,35)(H,32,33)/b8-6-,16-5+/t21-/m0/s1. The number of halogens is 1. The number of allylic oxidation sites excluding steroid dienone is 2. The van der Waals surface area contributed by atoms with E-state index >= 15 is 0 Å². The van der Waals surface area contributed by atoms with Gasteiger partial charge in [0, 0.05) is 10.3 Å². The molecule has 2 rings (SSSR count). The van der Waals surface area contributed by atoms with Crippen molar-refractivity contribution < 1.29 is 33.7 Å². The topological polar surface area (TPSA) is 165 Å². The Labute approximate surface area is 217 Å². The Morgan fingerprint density at radius 1 is 1.19 bits per heavy atom. The van der Waals surface area contributed by atoms with E-state index in [-0.39, 0.29) is 28.4 Å². The molecule has 1 atom stereocenters. The Balaban J connectivity index is 2.09. The number of carboxylic acids is 1. The molecule has 11 heteroatoms. The number of rotatable bonds is 11. The zero-order valence-electron chi connectivity index (χ0n) is 20.7. The maximum atomic E-state index is 14.2. The largest absolute Gasteiger partial charge is 0.508 e. The van der Waals surface area contributed by atoms with E-state index in [1.807, 2.05) is 0 Å². The minimum absolute atomic E-state index is 0.0694. The van der Waals surface area contributed by atoms with Crippen LogP contribution in [0.1, 0.15) is 47.0 Å². The van der Waals surface area contributed by atoms with Crippen molar-refractivity contribution in [3.8, 4) is 5.75 Å². The van der Waals surface area contributed by atoms with Gasteiger partial charge >= 0.3 is 11.9 Å². The van der Waals surface area contributed by atoms with Crippen LogP contribution in [0.5, 0.6) is 5.75 Å². The van der Waals surface area contributed by atoms with Gasteiger partial charge in [-0.15, -0.1) is 11.3 Å². The van der Waals surface area contributed by atoms with Crippen LogP contribution >= 0.6 is 11.3 Å². The number of nitrogens with two attached hydrogens (primary N) is 2. The second-order valence-corrected chi connectivity index (χ2v) is 9.97. The van der Waals surface area contributed by atoms with Gasteiger partial charge in [-0.1, -0.05) is 32.6 Å². The van der Waals surface area contributed by atoms with Crippen LogP contribution in [-0.2, 0) is 16.0 Å². The molecule has 1 aromatic carbocycles. The van der Waals surface area contributed by atoms with Crippen molar-refractivity contribution in [2.45, 2.75) is 39.4 Å². The van der Waals surface area contributed by atoms with E-state index in [4.69, 9.17) is 16.2 Å². The number of benzene rings is 1. The lowest BCUT2D eigenvalue weighted by atomic mass is 9.87. The van der Waals surface area contributed by atoms with Gasteiger partial charge in [0.2, 0.25) is 5.91 Å². The molecule has 0 aliphatic carbocycles. The molecule has 2 aromatic rings. The molecule has 0 fully saturated rings. The number of esters is 1. The van der Waals surface area contributed by atoms with Crippen LogP contribution in [0.3, 0.4) is 0 Å². The number of thiophene rings is 1. The van der Waals surface area contributed by atoms with E-state index < -0.39 is 41.3 Å². The highest BCUT2D eigenvalue weighted by Gasteiger charge is 2.33. The molecule has 0 unspecified atom stereocenters. The van der Waals surface area contributed by atoms with Gasteiger partial charge in [0.05, 0.1) is 6.17 Å². The number of aliphatic hydroxyl groups excluding tert-OH is 1. The number of nitrogens with one attached hydrogen (secondary N) is 1. The molecule has 0 saturated carbocycles. The van der Waals surface area contributed by atoms with E-state index in [9.17, 15) is 29.0 Å². The summed E-state index contributed by atoms with van der Waals surface area (Å²) in [5, 5.41) is 21.5. The third-order valence-corrected chi connectivity index (χ3v) is 6.36. The molecule has 37 heavy (non-hydrogen) atoms. The molecule has 0 spiro atoms. The van der Waals surface area contributed by atoms with E-state index in [2.05, 4.69) is 11.9 Å². The molecule has 1 aromatic heterocycles. The molecule has 7 N–H and O–H groups in total. The number of ether oxygens (including phenoxy) is 1. The number of carbonyl (C=O) groups excluding carboxylic acids is 2. The summed E-state index contributed by atoms with van der Waals surface area (Å²) >= 11 is 1.07. The molecular weight excluding hydrogens is 501 g/mol. The van der Waals surface area contributed by atoms with Crippen molar-refractivity contribution in [3.05, 3.63) is 87.6 Å². The average molecular weight is 532 g/mol. The highest BCUT2D eigenvalue weighted by Crippen LogP contribution is 2.29. The fraction of sp³-hybridized carbons (Fsp3) is 0.269.